The highest BCUT2D eigenvalue weighted by atomic mass is 32.1. The van der Waals surface area contributed by atoms with Gasteiger partial charge in [0.2, 0.25) is 0 Å². The molecule has 1 aromatic rings. The second-order valence-corrected chi connectivity index (χ2v) is 5.34. The van der Waals surface area contributed by atoms with Crippen molar-refractivity contribution in [1.82, 2.24) is 5.32 Å². The van der Waals surface area contributed by atoms with Crippen LogP contribution in [0.3, 0.4) is 0 Å². The van der Waals surface area contributed by atoms with Gasteiger partial charge in [-0.15, -0.1) is 0 Å². The van der Waals surface area contributed by atoms with Gasteiger partial charge in [0.25, 0.3) is 0 Å². The van der Waals surface area contributed by atoms with E-state index in [0.29, 0.717) is 12.6 Å². The first kappa shape index (κ1) is 12.5. The van der Waals surface area contributed by atoms with Gasteiger partial charge < -0.3 is 10.4 Å². The number of thiophene rings is 1. The van der Waals surface area contributed by atoms with Gasteiger partial charge in [-0.3, -0.25) is 10.1 Å². The van der Waals surface area contributed by atoms with Crippen LogP contribution < -0.4 is 5.32 Å². The molecular formula is C11H16N2O3S. The molecule has 0 spiro atoms. The zero-order chi connectivity index (χ0) is 12.3. The Morgan fingerprint density at radius 3 is 3.06 bits per heavy atom. The topological polar surface area (TPSA) is 75.4 Å². The van der Waals surface area contributed by atoms with E-state index in [2.05, 4.69) is 5.32 Å². The molecule has 2 rings (SSSR count). The molecule has 17 heavy (non-hydrogen) atoms. The molecule has 1 heterocycles. The third-order valence-corrected chi connectivity index (χ3v) is 3.99. The van der Waals surface area contributed by atoms with Gasteiger partial charge in [-0.1, -0.05) is 11.3 Å². The molecule has 5 nitrogen and oxygen atoms in total. The van der Waals surface area contributed by atoms with Crippen molar-refractivity contribution >= 4 is 16.3 Å². The van der Waals surface area contributed by atoms with E-state index in [-0.39, 0.29) is 16.0 Å². The second-order valence-electron chi connectivity index (χ2n) is 4.45. The van der Waals surface area contributed by atoms with E-state index in [1.165, 1.54) is 0 Å². The van der Waals surface area contributed by atoms with Crippen LogP contribution in [0.25, 0.3) is 0 Å². The predicted molar refractivity (Wildman–Crippen MR) is 66.1 cm³/mol. The molecule has 1 aliphatic rings. The van der Waals surface area contributed by atoms with Crippen molar-refractivity contribution in [2.45, 2.75) is 44.4 Å². The third-order valence-electron chi connectivity index (χ3n) is 3.06. The fourth-order valence-corrected chi connectivity index (χ4v) is 2.89. The van der Waals surface area contributed by atoms with Gasteiger partial charge in [0.15, 0.2) is 0 Å². The molecule has 1 aliphatic carbocycles. The summed E-state index contributed by atoms with van der Waals surface area (Å²) in [5.74, 6) is 0. The number of hydrogen-bond acceptors (Lipinski definition) is 5. The molecule has 0 aliphatic heterocycles. The fourth-order valence-electron chi connectivity index (χ4n) is 2.16. The van der Waals surface area contributed by atoms with E-state index in [0.717, 1.165) is 42.6 Å². The zero-order valence-corrected chi connectivity index (χ0v) is 10.3. The number of rotatable bonds is 4. The van der Waals surface area contributed by atoms with Crippen LogP contribution in [0.4, 0.5) is 5.00 Å². The number of aliphatic hydroxyl groups is 1. The van der Waals surface area contributed by atoms with Crippen molar-refractivity contribution in [1.29, 1.82) is 0 Å². The van der Waals surface area contributed by atoms with Gasteiger partial charge in [0.05, 0.1) is 11.0 Å². The Hall–Kier alpha value is -0.980. The molecular weight excluding hydrogens is 240 g/mol. The van der Waals surface area contributed by atoms with Crippen LogP contribution in [-0.2, 0) is 6.54 Å². The predicted octanol–water partition coefficient (Wildman–Crippen LogP) is 2.05. The molecule has 0 aromatic carbocycles. The average Bonchev–Trinajstić information content (AvgIpc) is 2.75. The molecule has 0 radical (unpaired) electrons. The van der Waals surface area contributed by atoms with Gasteiger partial charge in [0.1, 0.15) is 0 Å². The largest absolute Gasteiger partial charge is 0.393 e. The summed E-state index contributed by atoms with van der Waals surface area (Å²) >= 11 is 1.16. The maximum absolute atomic E-state index is 10.5. The summed E-state index contributed by atoms with van der Waals surface area (Å²) < 4.78 is 0. The van der Waals surface area contributed by atoms with E-state index >= 15 is 0 Å². The summed E-state index contributed by atoms with van der Waals surface area (Å²) in [4.78, 5) is 10.2. The molecule has 2 unspecified atom stereocenters. The molecule has 2 atom stereocenters. The van der Waals surface area contributed by atoms with Crippen LogP contribution in [0, 0.1) is 10.1 Å². The lowest BCUT2D eigenvalue weighted by molar-refractivity contribution is -0.380. The smallest absolute Gasteiger partial charge is 0.324 e. The summed E-state index contributed by atoms with van der Waals surface area (Å²) in [5.41, 5.74) is 0.946. The summed E-state index contributed by atoms with van der Waals surface area (Å²) in [6.45, 7) is 0.641. The Morgan fingerprint density at radius 2 is 2.41 bits per heavy atom. The normalized spacial score (nSPS) is 24.8. The molecule has 2 N–H and O–H groups in total. The minimum atomic E-state index is -0.363. The SMILES string of the molecule is O=[N+]([O-])c1cc(CNC2CCCC(O)C2)cs1. The van der Waals surface area contributed by atoms with Crippen LogP contribution in [0.5, 0.6) is 0 Å². The summed E-state index contributed by atoms with van der Waals surface area (Å²) in [5, 5.41) is 25.4. The Morgan fingerprint density at radius 1 is 1.59 bits per heavy atom. The van der Waals surface area contributed by atoms with Crippen molar-refractivity contribution in [2.24, 2.45) is 0 Å². The van der Waals surface area contributed by atoms with Gasteiger partial charge in [-0.2, -0.15) is 0 Å². The summed E-state index contributed by atoms with van der Waals surface area (Å²) in [7, 11) is 0. The molecule has 1 fully saturated rings. The van der Waals surface area contributed by atoms with Crippen molar-refractivity contribution in [3.63, 3.8) is 0 Å². The number of hydrogen-bond donors (Lipinski definition) is 2. The molecule has 0 saturated heterocycles. The lowest BCUT2D eigenvalue weighted by Gasteiger charge is -2.26. The van der Waals surface area contributed by atoms with Crippen LogP contribution in [-0.4, -0.2) is 22.2 Å². The molecule has 94 valence electrons. The minimum absolute atomic E-state index is 0.186. The molecule has 1 saturated carbocycles. The Labute approximate surface area is 104 Å². The van der Waals surface area contributed by atoms with E-state index in [9.17, 15) is 15.2 Å². The van der Waals surface area contributed by atoms with Crippen molar-refractivity contribution < 1.29 is 10.0 Å². The zero-order valence-electron chi connectivity index (χ0n) is 9.46. The Kier molecular flexibility index (Phi) is 4.09. The average molecular weight is 256 g/mol. The van der Waals surface area contributed by atoms with Crippen molar-refractivity contribution in [2.75, 3.05) is 0 Å². The number of nitrogens with one attached hydrogen (secondary N) is 1. The molecule has 1 aromatic heterocycles. The molecule has 0 bridgehead atoms. The van der Waals surface area contributed by atoms with Gasteiger partial charge in [-0.05, 0) is 31.2 Å². The maximum Gasteiger partial charge on any atom is 0.324 e. The van der Waals surface area contributed by atoms with E-state index in [1.54, 1.807) is 6.07 Å². The van der Waals surface area contributed by atoms with Crippen LogP contribution in [0.15, 0.2) is 11.4 Å². The first-order chi connectivity index (χ1) is 8.15. The third kappa shape index (κ3) is 3.49. The maximum atomic E-state index is 10.5. The van der Waals surface area contributed by atoms with Crippen molar-refractivity contribution in [3.8, 4) is 0 Å². The Balaban J connectivity index is 1.82. The lowest BCUT2D eigenvalue weighted by atomic mass is 9.93. The fraction of sp³-hybridized carbons (Fsp3) is 0.636. The molecule has 6 heteroatoms. The minimum Gasteiger partial charge on any atom is -0.393 e. The lowest BCUT2D eigenvalue weighted by Crippen LogP contribution is -2.35. The van der Waals surface area contributed by atoms with Crippen LogP contribution in [0.1, 0.15) is 31.2 Å². The quantitative estimate of drug-likeness (QED) is 0.638. The van der Waals surface area contributed by atoms with Gasteiger partial charge in [0, 0.05) is 24.0 Å². The number of nitro groups is 1. The first-order valence-electron chi connectivity index (χ1n) is 5.78. The molecule has 0 amide bonds. The highest BCUT2D eigenvalue weighted by Gasteiger charge is 2.19. The summed E-state index contributed by atoms with van der Waals surface area (Å²) in [6, 6.07) is 1.94. The summed E-state index contributed by atoms with van der Waals surface area (Å²) in [6.07, 6.45) is 3.60. The van der Waals surface area contributed by atoms with Gasteiger partial charge in [-0.25, -0.2) is 0 Å². The Bertz CT molecular complexity index is 394. The van der Waals surface area contributed by atoms with E-state index in [1.807, 2.05) is 5.38 Å². The van der Waals surface area contributed by atoms with Crippen LogP contribution in [0.2, 0.25) is 0 Å². The highest BCUT2D eigenvalue weighted by Crippen LogP contribution is 2.23. The second kappa shape index (κ2) is 5.57. The highest BCUT2D eigenvalue weighted by molar-refractivity contribution is 7.13. The van der Waals surface area contributed by atoms with Crippen molar-refractivity contribution in [3.05, 3.63) is 27.1 Å². The number of nitrogens with zero attached hydrogens (tertiary/aromatic N) is 1. The number of aliphatic hydroxyl groups excluding tert-OH is 1. The standard InChI is InChI=1S/C11H16N2O3S/c14-10-3-1-2-9(5-10)12-6-8-4-11(13(15)16)17-7-8/h4,7,9-10,12,14H,1-3,5-6H2. The van der Waals surface area contributed by atoms with E-state index < -0.39 is 0 Å². The van der Waals surface area contributed by atoms with Gasteiger partial charge >= 0.3 is 5.00 Å². The monoisotopic (exact) mass is 256 g/mol. The first-order valence-corrected chi connectivity index (χ1v) is 6.66. The van der Waals surface area contributed by atoms with Crippen LogP contribution >= 0.6 is 11.3 Å². The van der Waals surface area contributed by atoms with E-state index in [4.69, 9.17) is 0 Å².